The molecule has 1 aromatic heterocycles. The van der Waals surface area contributed by atoms with Gasteiger partial charge in [-0.25, -0.2) is 13.4 Å². The number of likely N-dealkylation sites (N-methyl/N-ethyl adjacent to an activating group) is 1. The molecular formula is C13H21N3O2S. The normalized spacial score (nSPS) is 11.8. The second-order valence-electron chi connectivity index (χ2n) is 4.50. The van der Waals surface area contributed by atoms with Crippen LogP contribution in [0.1, 0.15) is 19.4 Å². The molecule has 5 nitrogen and oxygen atoms in total. The van der Waals surface area contributed by atoms with E-state index in [2.05, 4.69) is 16.9 Å². The Kier molecular flexibility index (Phi) is 5.65. The van der Waals surface area contributed by atoms with Gasteiger partial charge in [0.05, 0.1) is 0 Å². The molecule has 0 bridgehead atoms. The highest BCUT2D eigenvalue weighted by atomic mass is 32.2. The highest BCUT2D eigenvalue weighted by Crippen LogP contribution is 2.13. The van der Waals surface area contributed by atoms with Crippen LogP contribution in [0, 0.1) is 0 Å². The van der Waals surface area contributed by atoms with Gasteiger partial charge in [-0.05, 0) is 25.1 Å². The van der Waals surface area contributed by atoms with Gasteiger partial charge in [0.2, 0.25) is 0 Å². The van der Waals surface area contributed by atoms with E-state index in [1.165, 1.54) is 17.4 Å². The summed E-state index contributed by atoms with van der Waals surface area (Å²) in [6.07, 6.45) is 1.59. The maximum absolute atomic E-state index is 12.2. The predicted octanol–water partition coefficient (Wildman–Crippen LogP) is 1.39. The Labute approximate surface area is 115 Å². The van der Waals surface area contributed by atoms with Crippen LogP contribution in [-0.4, -0.2) is 37.8 Å². The number of aromatic nitrogens is 1. The van der Waals surface area contributed by atoms with Crippen molar-refractivity contribution >= 4 is 10.0 Å². The molecule has 0 radical (unpaired) electrons. The Bertz CT molecular complexity index is 523. The molecule has 1 N–H and O–H groups in total. The summed E-state index contributed by atoms with van der Waals surface area (Å²) in [6, 6.07) is 3.31. The summed E-state index contributed by atoms with van der Waals surface area (Å²) in [5.74, 6) is 0. The van der Waals surface area contributed by atoms with Crippen molar-refractivity contribution in [1.29, 1.82) is 0 Å². The molecular weight excluding hydrogens is 262 g/mol. The Morgan fingerprint density at radius 3 is 2.63 bits per heavy atom. The number of nitrogens with zero attached hydrogens (tertiary/aromatic N) is 2. The number of nitrogens with one attached hydrogen (secondary N) is 1. The summed E-state index contributed by atoms with van der Waals surface area (Å²) in [5, 5.41) is 3.23. The minimum Gasteiger partial charge on any atom is -0.313 e. The third-order valence-corrected chi connectivity index (χ3v) is 4.26. The molecule has 1 aromatic rings. The fraction of sp³-hybridized carbons (Fsp3) is 0.462. The largest absolute Gasteiger partial charge is 0.313 e. The molecule has 0 aliphatic heterocycles. The fourth-order valence-electron chi connectivity index (χ4n) is 1.56. The third kappa shape index (κ3) is 4.41. The fourth-order valence-corrected chi connectivity index (χ4v) is 2.70. The van der Waals surface area contributed by atoms with E-state index >= 15 is 0 Å². The summed E-state index contributed by atoms with van der Waals surface area (Å²) in [4.78, 5) is 4.03. The topological polar surface area (TPSA) is 62.3 Å². The minimum absolute atomic E-state index is 0.0662. The average Bonchev–Trinajstić information content (AvgIpc) is 2.36. The molecule has 0 saturated heterocycles. The van der Waals surface area contributed by atoms with Gasteiger partial charge < -0.3 is 5.32 Å². The average molecular weight is 283 g/mol. The number of rotatable bonds is 7. The van der Waals surface area contributed by atoms with E-state index in [4.69, 9.17) is 0 Å². The summed E-state index contributed by atoms with van der Waals surface area (Å²) in [6.45, 7) is 9.36. The second-order valence-corrected chi connectivity index (χ2v) is 6.49. The maximum Gasteiger partial charge on any atom is 0.260 e. The second kappa shape index (κ2) is 6.79. The summed E-state index contributed by atoms with van der Waals surface area (Å²) >= 11 is 0. The van der Waals surface area contributed by atoms with Crippen molar-refractivity contribution in [2.75, 3.05) is 20.1 Å². The van der Waals surface area contributed by atoms with E-state index in [1.807, 2.05) is 6.92 Å². The lowest BCUT2D eigenvalue weighted by Gasteiger charge is -2.16. The van der Waals surface area contributed by atoms with Crippen LogP contribution in [0.3, 0.4) is 0 Å². The number of sulfonamides is 1. The van der Waals surface area contributed by atoms with Crippen LogP contribution in [0.5, 0.6) is 0 Å². The van der Waals surface area contributed by atoms with Gasteiger partial charge in [0.25, 0.3) is 10.0 Å². The van der Waals surface area contributed by atoms with Crippen LogP contribution in [0.15, 0.2) is 35.5 Å². The van der Waals surface area contributed by atoms with Crippen molar-refractivity contribution in [3.05, 3.63) is 36.0 Å². The monoisotopic (exact) mass is 283 g/mol. The highest BCUT2D eigenvalue weighted by molar-refractivity contribution is 7.89. The number of pyridine rings is 1. The summed E-state index contributed by atoms with van der Waals surface area (Å²) in [7, 11) is -2.00. The zero-order valence-corrected chi connectivity index (χ0v) is 12.5. The van der Waals surface area contributed by atoms with E-state index in [0.717, 1.165) is 17.7 Å². The first-order chi connectivity index (χ1) is 8.87. The maximum atomic E-state index is 12.2. The van der Waals surface area contributed by atoms with Crippen LogP contribution in [0.25, 0.3) is 0 Å². The van der Waals surface area contributed by atoms with Gasteiger partial charge in [-0.15, -0.1) is 0 Å². The molecule has 0 unspecified atom stereocenters. The van der Waals surface area contributed by atoms with E-state index in [9.17, 15) is 8.42 Å². The molecule has 0 amide bonds. The van der Waals surface area contributed by atoms with Gasteiger partial charge in [-0.1, -0.05) is 25.1 Å². The van der Waals surface area contributed by atoms with Crippen molar-refractivity contribution in [3.8, 4) is 0 Å². The zero-order valence-electron chi connectivity index (χ0n) is 11.7. The lowest BCUT2D eigenvalue weighted by atomic mass is 10.3. The lowest BCUT2D eigenvalue weighted by molar-refractivity contribution is 0.489. The molecule has 106 valence electrons. The molecule has 0 atom stereocenters. The quantitative estimate of drug-likeness (QED) is 0.768. The highest BCUT2D eigenvalue weighted by Gasteiger charge is 2.21. The first kappa shape index (κ1) is 15.8. The van der Waals surface area contributed by atoms with Gasteiger partial charge in [0.15, 0.2) is 5.03 Å². The summed E-state index contributed by atoms with van der Waals surface area (Å²) in [5.41, 5.74) is 1.75. The number of hydrogen-bond donors (Lipinski definition) is 1. The predicted molar refractivity (Wildman–Crippen MR) is 76.2 cm³/mol. The van der Waals surface area contributed by atoms with Gasteiger partial charge >= 0.3 is 0 Å². The molecule has 0 fully saturated rings. The van der Waals surface area contributed by atoms with Crippen molar-refractivity contribution in [2.45, 2.75) is 25.4 Å². The van der Waals surface area contributed by atoms with Gasteiger partial charge in [-0.3, -0.25) is 0 Å². The minimum atomic E-state index is -3.53. The molecule has 0 saturated carbocycles. The van der Waals surface area contributed by atoms with Crippen molar-refractivity contribution in [1.82, 2.24) is 14.6 Å². The molecule has 19 heavy (non-hydrogen) atoms. The first-order valence-corrected chi connectivity index (χ1v) is 7.58. The Hall–Kier alpha value is -1.24. The van der Waals surface area contributed by atoms with Gasteiger partial charge in [-0.2, -0.15) is 4.31 Å². The van der Waals surface area contributed by atoms with Crippen LogP contribution in [0.4, 0.5) is 0 Å². The Balaban J connectivity index is 2.87. The van der Waals surface area contributed by atoms with Crippen molar-refractivity contribution in [3.63, 3.8) is 0 Å². The van der Waals surface area contributed by atoms with Gasteiger partial charge in [0.1, 0.15) is 0 Å². The van der Waals surface area contributed by atoms with Crippen molar-refractivity contribution < 1.29 is 8.42 Å². The van der Waals surface area contributed by atoms with Crippen LogP contribution < -0.4 is 5.32 Å². The molecule has 0 spiro atoms. The molecule has 6 heteroatoms. The molecule has 0 aliphatic rings. The SMILES string of the molecule is C=C(C)CN(C)S(=O)(=O)c1ccc(CNCC)cn1. The first-order valence-electron chi connectivity index (χ1n) is 6.14. The molecule has 1 heterocycles. The number of hydrogen-bond acceptors (Lipinski definition) is 4. The van der Waals surface area contributed by atoms with E-state index in [-0.39, 0.29) is 5.03 Å². The molecule has 0 aromatic carbocycles. The van der Waals surface area contributed by atoms with Crippen LogP contribution in [0.2, 0.25) is 0 Å². The van der Waals surface area contributed by atoms with Crippen LogP contribution in [-0.2, 0) is 16.6 Å². The van der Waals surface area contributed by atoms with E-state index in [0.29, 0.717) is 13.1 Å². The zero-order chi connectivity index (χ0) is 14.5. The van der Waals surface area contributed by atoms with E-state index in [1.54, 1.807) is 19.2 Å². The van der Waals surface area contributed by atoms with Gasteiger partial charge in [0, 0.05) is 26.3 Å². The molecule has 0 aliphatic carbocycles. The summed E-state index contributed by atoms with van der Waals surface area (Å²) < 4.78 is 25.7. The van der Waals surface area contributed by atoms with Crippen molar-refractivity contribution in [2.24, 2.45) is 0 Å². The van der Waals surface area contributed by atoms with E-state index < -0.39 is 10.0 Å². The third-order valence-electron chi connectivity index (χ3n) is 2.54. The smallest absolute Gasteiger partial charge is 0.260 e. The standard InChI is InChI=1S/C13H21N3O2S/c1-5-14-8-12-6-7-13(15-9-12)19(17,18)16(4)10-11(2)3/h6-7,9,14H,2,5,8,10H2,1,3-4H3. The Morgan fingerprint density at radius 1 is 1.47 bits per heavy atom. The Morgan fingerprint density at radius 2 is 2.16 bits per heavy atom. The van der Waals surface area contributed by atoms with Crippen LogP contribution >= 0.6 is 0 Å². The molecule has 1 rings (SSSR count). The lowest BCUT2D eigenvalue weighted by Crippen LogP contribution is -2.29.